The number of hydrogen-bond donors (Lipinski definition) is 1. The number of piperidine rings is 1. The third-order valence-corrected chi connectivity index (χ3v) is 5.61. The van der Waals surface area contributed by atoms with Crippen LogP contribution < -0.4 is 5.32 Å². The fraction of sp³-hybridized carbons (Fsp3) is 0.500. The van der Waals surface area contributed by atoms with Gasteiger partial charge in [0, 0.05) is 18.0 Å². The second-order valence-electron chi connectivity index (χ2n) is 9.44. The molecular weight excluding hydrogens is 400 g/mol. The molecule has 2 aromatic rings. The van der Waals surface area contributed by atoms with Gasteiger partial charge < -0.3 is 10.1 Å². The third kappa shape index (κ3) is 6.08. The smallest absolute Gasteiger partial charge is 0.408 e. The summed E-state index contributed by atoms with van der Waals surface area (Å²) in [5, 5.41) is 2.68. The molecule has 0 aliphatic carbocycles. The SMILES string of the molecule is Cc1cnc([C@@H]2CCC[C@H](c3ncccc3C#CCNC(=O)OC(C)(C)C)N2C)c(C)c1. The highest BCUT2D eigenvalue weighted by Crippen LogP contribution is 2.40. The second-order valence-corrected chi connectivity index (χ2v) is 9.44. The molecule has 0 spiro atoms. The number of nitrogens with zero attached hydrogens (tertiary/aromatic N) is 3. The van der Waals surface area contributed by atoms with Crippen LogP contribution in [0.4, 0.5) is 4.79 Å². The first-order valence-electron chi connectivity index (χ1n) is 11.2. The molecule has 0 unspecified atom stereocenters. The van der Waals surface area contributed by atoms with Gasteiger partial charge in [0.15, 0.2) is 0 Å². The molecular formula is C26H34N4O2. The van der Waals surface area contributed by atoms with Crippen LogP contribution in [0.25, 0.3) is 0 Å². The quantitative estimate of drug-likeness (QED) is 0.698. The van der Waals surface area contributed by atoms with Gasteiger partial charge in [-0.2, -0.15) is 0 Å². The molecule has 0 bridgehead atoms. The standard InChI is InChI=1S/C26H34N4O2/c1-18-16-19(2)23(29-17-18)21-12-7-13-22(30(21)6)24-20(10-8-14-27-24)11-9-15-28-25(31)32-26(3,4)5/h8,10,14,16-17,21-22H,7,12-13,15H2,1-6H3,(H,28,31)/t21-,22+/m0/s1. The first-order chi connectivity index (χ1) is 15.2. The van der Waals surface area contributed by atoms with Crippen molar-refractivity contribution >= 4 is 6.09 Å². The van der Waals surface area contributed by atoms with Crippen LogP contribution in [0.3, 0.4) is 0 Å². The van der Waals surface area contributed by atoms with Crippen LogP contribution in [0.15, 0.2) is 30.6 Å². The van der Waals surface area contributed by atoms with Gasteiger partial charge in [0.2, 0.25) is 0 Å². The predicted molar refractivity (Wildman–Crippen MR) is 126 cm³/mol. The largest absolute Gasteiger partial charge is 0.444 e. The maximum Gasteiger partial charge on any atom is 0.408 e. The third-order valence-electron chi connectivity index (χ3n) is 5.61. The maximum atomic E-state index is 11.8. The molecule has 1 saturated heterocycles. The molecule has 2 aromatic heterocycles. The van der Waals surface area contributed by atoms with E-state index in [0.717, 1.165) is 36.2 Å². The molecule has 1 fully saturated rings. The lowest BCUT2D eigenvalue weighted by Crippen LogP contribution is -2.35. The van der Waals surface area contributed by atoms with Crippen molar-refractivity contribution in [3.8, 4) is 11.8 Å². The topological polar surface area (TPSA) is 67.3 Å². The monoisotopic (exact) mass is 434 g/mol. The van der Waals surface area contributed by atoms with Gasteiger partial charge in [-0.15, -0.1) is 0 Å². The van der Waals surface area contributed by atoms with E-state index in [1.165, 1.54) is 11.1 Å². The Morgan fingerprint density at radius 2 is 1.94 bits per heavy atom. The Bertz CT molecular complexity index is 1020. The van der Waals surface area contributed by atoms with Crippen LogP contribution in [0, 0.1) is 25.7 Å². The highest BCUT2D eigenvalue weighted by molar-refractivity contribution is 5.68. The number of carbonyl (C=O) groups excluding carboxylic acids is 1. The molecule has 1 aliphatic heterocycles. The summed E-state index contributed by atoms with van der Waals surface area (Å²) in [7, 11) is 2.16. The molecule has 1 N–H and O–H groups in total. The maximum absolute atomic E-state index is 11.8. The minimum Gasteiger partial charge on any atom is -0.444 e. The number of carbonyl (C=O) groups is 1. The Hall–Kier alpha value is -2.91. The first-order valence-corrected chi connectivity index (χ1v) is 11.2. The van der Waals surface area contributed by atoms with Gasteiger partial charge in [0.05, 0.1) is 30.0 Å². The number of aryl methyl sites for hydroxylation is 2. The summed E-state index contributed by atoms with van der Waals surface area (Å²) in [5.41, 5.74) is 4.91. The van der Waals surface area contributed by atoms with E-state index < -0.39 is 11.7 Å². The number of ether oxygens (including phenoxy) is 1. The van der Waals surface area contributed by atoms with Crippen molar-refractivity contribution in [3.05, 3.63) is 58.7 Å². The Kier molecular flexibility index (Phi) is 7.52. The minimum atomic E-state index is -0.527. The van der Waals surface area contributed by atoms with Gasteiger partial charge >= 0.3 is 6.09 Å². The number of hydrogen-bond acceptors (Lipinski definition) is 5. The van der Waals surface area contributed by atoms with Crippen molar-refractivity contribution in [2.24, 2.45) is 0 Å². The molecule has 1 amide bonds. The average Bonchev–Trinajstić information content (AvgIpc) is 2.71. The second kappa shape index (κ2) is 10.1. The zero-order valence-electron chi connectivity index (χ0n) is 20.0. The van der Waals surface area contributed by atoms with Gasteiger partial charge in [0.1, 0.15) is 5.60 Å². The van der Waals surface area contributed by atoms with Crippen LogP contribution in [0.5, 0.6) is 0 Å². The normalized spacial score (nSPS) is 19.1. The molecule has 1 aliphatic rings. The molecule has 6 nitrogen and oxygen atoms in total. The van der Waals surface area contributed by atoms with E-state index in [1.54, 1.807) is 0 Å². The van der Waals surface area contributed by atoms with Crippen molar-refractivity contribution in [1.82, 2.24) is 20.2 Å². The Balaban J connectivity index is 1.75. The molecule has 6 heteroatoms. The van der Waals surface area contributed by atoms with Crippen LogP contribution in [0.2, 0.25) is 0 Å². The molecule has 3 heterocycles. The van der Waals surface area contributed by atoms with Gasteiger partial charge in [-0.1, -0.05) is 17.9 Å². The van der Waals surface area contributed by atoms with Gasteiger partial charge in [-0.25, -0.2) is 4.79 Å². The van der Waals surface area contributed by atoms with E-state index in [1.807, 2.05) is 45.3 Å². The number of pyridine rings is 2. The van der Waals surface area contributed by atoms with Crippen LogP contribution >= 0.6 is 0 Å². The Labute approximate surface area is 191 Å². The van der Waals surface area contributed by atoms with Crippen molar-refractivity contribution in [2.75, 3.05) is 13.6 Å². The van der Waals surface area contributed by atoms with Gasteiger partial charge in [-0.3, -0.25) is 14.9 Å². The Morgan fingerprint density at radius 3 is 2.62 bits per heavy atom. The summed E-state index contributed by atoms with van der Waals surface area (Å²) in [4.78, 5) is 23.7. The zero-order chi connectivity index (χ0) is 23.3. The zero-order valence-corrected chi connectivity index (χ0v) is 20.0. The number of amides is 1. The highest BCUT2D eigenvalue weighted by Gasteiger charge is 2.33. The molecule has 0 saturated carbocycles. The average molecular weight is 435 g/mol. The fourth-order valence-electron chi connectivity index (χ4n) is 4.22. The number of likely N-dealkylation sites (tertiary alicyclic amines) is 1. The van der Waals surface area contributed by atoms with Crippen LogP contribution in [-0.2, 0) is 4.74 Å². The summed E-state index contributed by atoms with van der Waals surface area (Å²) in [6, 6.07) is 6.53. The van der Waals surface area contributed by atoms with Crippen LogP contribution in [-0.4, -0.2) is 40.2 Å². The molecule has 3 rings (SSSR count). The summed E-state index contributed by atoms with van der Waals surface area (Å²) in [6.07, 6.45) is 6.53. The van der Waals surface area contributed by atoms with Gasteiger partial charge in [-0.05, 0) is 84.2 Å². The lowest BCUT2D eigenvalue weighted by atomic mass is 9.89. The lowest BCUT2D eigenvalue weighted by Gasteiger charge is -2.39. The van der Waals surface area contributed by atoms with Crippen molar-refractivity contribution in [3.63, 3.8) is 0 Å². The summed E-state index contributed by atoms with van der Waals surface area (Å²) >= 11 is 0. The summed E-state index contributed by atoms with van der Waals surface area (Å²) in [5.74, 6) is 6.24. The molecule has 2 atom stereocenters. The van der Waals surface area contributed by atoms with Crippen molar-refractivity contribution in [2.45, 2.75) is 71.6 Å². The number of alkyl carbamates (subject to hydrolysis) is 1. The number of rotatable bonds is 3. The van der Waals surface area contributed by atoms with E-state index in [9.17, 15) is 4.79 Å². The van der Waals surface area contributed by atoms with E-state index in [2.05, 4.69) is 49.0 Å². The van der Waals surface area contributed by atoms with E-state index >= 15 is 0 Å². The molecule has 32 heavy (non-hydrogen) atoms. The molecule has 0 aromatic carbocycles. The lowest BCUT2D eigenvalue weighted by molar-refractivity contribution is 0.0535. The van der Waals surface area contributed by atoms with E-state index in [0.29, 0.717) is 0 Å². The number of nitrogens with one attached hydrogen (secondary N) is 1. The Morgan fingerprint density at radius 1 is 1.22 bits per heavy atom. The molecule has 0 radical (unpaired) electrons. The predicted octanol–water partition coefficient (Wildman–Crippen LogP) is 4.87. The first kappa shape index (κ1) is 23.7. The highest BCUT2D eigenvalue weighted by atomic mass is 16.6. The van der Waals surface area contributed by atoms with E-state index in [-0.39, 0.29) is 18.6 Å². The number of aromatic nitrogens is 2. The summed E-state index contributed by atoms with van der Waals surface area (Å²) < 4.78 is 5.25. The van der Waals surface area contributed by atoms with Crippen molar-refractivity contribution < 1.29 is 9.53 Å². The summed E-state index contributed by atoms with van der Waals surface area (Å²) in [6.45, 7) is 9.94. The fourth-order valence-corrected chi connectivity index (χ4v) is 4.22. The van der Waals surface area contributed by atoms with Crippen molar-refractivity contribution in [1.29, 1.82) is 0 Å². The van der Waals surface area contributed by atoms with Crippen LogP contribution in [0.1, 0.15) is 80.2 Å². The van der Waals surface area contributed by atoms with Gasteiger partial charge in [0.25, 0.3) is 0 Å². The molecule has 170 valence electrons. The minimum absolute atomic E-state index is 0.167. The van der Waals surface area contributed by atoms with E-state index in [4.69, 9.17) is 14.7 Å².